The molecule has 2 rings (SSSR count). The Labute approximate surface area is 110 Å². The maximum Gasteiger partial charge on any atom is 0.190 e. The Morgan fingerprint density at radius 1 is 1.56 bits per heavy atom. The number of hydrogen-bond donors (Lipinski definition) is 1. The van der Waals surface area contributed by atoms with Gasteiger partial charge in [-0.25, -0.2) is 9.97 Å². The number of anilines is 1. The molecular formula is C9H14Cl2N4S. The van der Waals surface area contributed by atoms with Crippen molar-refractivity contribution in [2.75, 3.05) is 24.2 Å². The molecule has 0 radical (unpaired) electrons. The molecule has 0 spiro atoms. The summed E-state index contributed by atoms with van der Waals surface area (Å²) in [4.78, 5) is 10.7. The second kappa shape index (κ2) is 5.91. The van der Waals surface area contributed by atoms with Gasteiger partial charge in [0, 0.05) is 25.2 Å². The van der Waals surface area contributed by atoms with Crippen molar-refractivity contribution in [2.45, 2.75) is 17.6 Å². The van der Waals surface area contributed by atoms with Crippen LogP contribution >= 0.6 is 35.8 Å². The lowest BCUT2D eigenvalue weighted by Crippen LogP contribution is -2.27. The Kier molecular flexibility index (Phi) is 5.11. The van der Waals surface area contributed by atoms with E-state index in [1.54, 1.807) is 6.07 Å². The third-order valence-corrected chi connectivity index (χ3v) is 3.13. The molecule has 0 unspecified atom stereocenters. The molecule has 0 amide bonds. The average Bonchev–Trinajstić information content (AvgIpc) is 2.64. The Hall–Kier alpha value is -0.230. The van der Waals surface area contributed by atoms with E-state index in [-0.39, 0.29) is 18.4 Å². The molecule has 0 saturated carbocycles. The number of aromatic nitrogens is 2. The molecule has 4 nitrogen and oxygen atoms in total. The predicted octanol–water partition coefficient (Wildman–Crippen LogP) is 1.81. The molecule has 0 bridgehead atoms. The lowest BCUT2D eigenvalue weighted by molar-refractivity contribution is 0.750. The van der Waals surface area contributed by atoms with Crippen LogP contribution < -0.4 is 10.6 Å². The number of nitrogens with two attached hydrogens (primary N) is 1. The van der Waals surface area contributed by atoms with Crippen LogP contribution in [0.15, 0.2) is 11.2 Å². The van der Waals surface area contributed by atoms with Crippen LogP contribution in [0, 0.1) is 0 Å². The number of halogens is 2. The molecular weight excluding hydrogens is 267 g/mol. The van der Waals surface area contributed by atoms with Crippen LogP contribution in [0.4, 0.5) is 5.82 Å². The lowest BCUT2D eigenvalue weighted by Gasteiger charge is -2.17. The molecule has 90 valence electrons. The van der Waals surface area contributed by atoms with Gasteiger partial charge in [0.25, 0.3) is 0 Å². The van der Waals surface area contributed by atoms with Crippen LogP contribution in [-0.4, -0.2) is 35.4 Å². The SMILES string of the molecule is CSc1nc(Cl)cc(N2CC[C@H](N)C2)n1.Cl. The summed E-state index contributed by atoms with van der Waals surface area (Å²) in [7, 11) is 0. The highest BCUT2D eigenvalue weighted by molar-refractivity contribution is 7.98. The average molecular weight is 281 g/mol. The summed E-state index contributed by atoms with van der Waals surface area (Å²) < 4.78 is 0. The van der Waals surface area contributed by atoms with Gasteiger partial charge in [-0.1, -0.05) is 23.4 Å². The van der Waals surface area contributed by atoms with E-state index in [4.69, 9.17) is 17.3 Å². The van der Waals surface area contributed by atoms with Crippen molar-refractivity contribution in [3.05, 3.63) is 11.2 Å². The van der Waals surface area contributed by atoms with Gasteiger partial charge in [-0.05, 0) is 12.7 Å². The molecule has 2 heterocycles. The van der Waals surface area contributed by atoms with E-state index in [9.17, 15) is 0 Å². The van der Waals surface area contributed by atoms with E-state index in [1.165, 1.54) is 11.8 Å². The maximum absolute atomic E-state index is 5.92. The Morgan fingerprint density at radius 2 is 2.31 bits per heavy atom. The van der Waals surface area contributed by atoms with Crippen LogP contribution in [0.2, 0.25) is 5.15 Å². The van der Waals surface area contributed by atoms with Gasteiger partial charge in [-0.2, -0.15) is 0 Å². The summed E-state index contributed by atoms with van der Waals surface area (Å²) in [6.45, 7) is 1.80. The first-order valence-corrected chi connectivity index (χ1v) is 6.38. The Bertz CT molecular complexity index is 363. The zero-order chi connectivity index (χ0) is 10.8. The van der Waals surface area contributed by atoms with Crippen LogP contribution in [-0.2, 0) is 0 Å². The first kappa shape index (κ1) is 13.8. The molecule has 7 heteroatoms. The van der Waals surface area contributed by atoms with Crippen molar-refractivity contribution >= 4 is 41.6 Å². The summed E-state index contributed by atoms with van der Waals surface area (Å²) in [6.07, 6.45) is 2.95. The predicted molar refractivity (Wildman–Crippen MR) is 70.9 cm³/mol. The number of rotatable bonds is 2. The third kappa shape index (κ3) is 3.13. The van der Waals surface area contributed by atoms with E-state index < -0.39 is 0 Å². The number of hydrogen-bond acceptors (Lipinski definition) is 5. The summed E-state index contributed by atoms with van der Waals surface area (Å²) >= 11 is 7.41. The van der Waals surface area contributed by atoms with E-state index in [1.807, 2.05) is 6.26 Å². The zero-order valence-corrected chi connectivity index (χ0v) is 11.3. The molecule has 1 saturated heterocycles. The minimum absolute atomic E-state index is 0. The van der Waals surface area contributed by atoms with Crippen LogP contribution in [0.5, 0.6) is 0 Å². The smallest absolute Gasteiger partial charge is 0.190 e. The van der Waals surface area contributed by atoms with Gasteiger partial charge in [0.1, 0.15) is 11.0 Å². The van der Waals surface area contributed by atoms with E-state index in [0.717, 1.165) is 25.3 Å². The first-order chi connectivity index (χ1) is 7.19. The molecule has 1 fully saturated rings. The van der Waals surface area contributed by atoms with Gasteiger partial charge in [-0.15, -0.1) is 12.4 Å². The Morgan fingerprint density at radius 3 is 2.88 bits per heavy atom. The standard InChI is InChI=1S/C9H13ClN4S.ClH/c1-15-9-12-7(10)4-8(13-9)14-3-2-6(11)5-14;/h4,6H,2-3,5,11H2,1H3;1H/t6-;/m0./s1. The maximum atomic E-state index is 5.92. The van der Waals surface area contributed by atoms with E-state index in [2.05, 4.69) is 14.9 Å². The zero-order valence-electron chi connectivity index (χ0n) is 8.89. The molecule has 0 aromatic carbocycles. The first-order valence-electron chi connectivity index (χ1n) is 4.78. The van der Waals surface area contributed by atoms with Gasteiger partial charge in [0.2, 0.25) is 0 Å². The molecule has 2 N–H and O–H groups in total. The van der Waals surface area contributed by atoms with E-state index in [0.29, 0.717) is 10.3 Å². The van der Waals surface area contributed by atoms with Crippen molar-refractivity contribution in [3.8, 4) is 0 Å². The lowest BCUT2D eigenvalue weighted by atomic mass is 10.3. The van der Waals surface area contributed by atoms with Crippen molar-refractivity contribution < 1.29 is 0 Å². The fourth-order valence-corrected chi connectivity index (χ4v) is 2.24. The quantitative estimate of drug-likeness (QED) is 0.509. The van der Waals surface area contributed by atoms with Crippen molar-refractivity contribution in [3.63, 3.8) is 0 Å². The van der Waals surface area contributed by atoms with Gasteiger partial charge >= 0.3 is 0 Å². The molecule has 0 aliphatic carbocycles. The third-order valence-electron chi connectivity index (χ3n) is 2.39. The fraction of sp³-hybridized carbons (Fsp3) is 0.556. The normalized spacial score (nSPS) is 19.7. The van der Waals surface area contributed by atoms with Gasteiger partial charge in [0.15, 0.2) is 5.16 Å². The Balaban J connectivity index is 0.00000128. The van der Waals surface area contributed by atoms with Crippen LogP contribution in [0.25, 0.3) is 0 Å². The topological polar surface area (TPSA) is 55.0 Å². The van der Waals surface area contributed by atoms with Gasteiger partial charge in [0.05, 0.1) is 0 Å². The second-order valence-electron chi connectivity index (χ2n) is 3.53. The molecule has 1 aromatic rings. The van der Waals surface area contributed by atoms with E-state index >= 15 is 0 Å². The number of nitrogens with zero attached hydrogens (tertiary/aromatic N) is 3. The highest BCUT2D eigenvalue weighted by Gasteiger charge is 2.21. The summed E-state index contributed by atoms with van der Waals surface area (Å²) in [5.74, 6) is 0.882. The fourth-order valence-electron chi connectivity index (χ4n) is 1.63. The number of thioether (sulfide) groups is 1. The summed E-state index contributed by atoms with van der Waals surface area (Å²) in [5, 5.41) is 1.20. The monoisotopic (exact) mass is 280 g/mol. The highest BCUT2D eigenvalue weighted by atomic mass is 35.5. The molecule has 1 aliphatic rings. The van der Waals surface area contributed by atoms with Crippen molar-refractivity contribution in [1.29, 1.82) is 0 Å². The minimum Gasteiger partial charge on any atom is -0.355 e. The van der Waals surface area contributed by atoms with Gasteiger partial charge < -0.3 is 10.6 Å². The van der Waals surface area contributed by atoms with Crippen molar-refractivity contribution in [1.82, 2.24) is 9.97 Å². The van der Waals surface area contributed by atoms with Crippen LogP contribution in [0.1, 0.15) is 6.42 Å². The minimum atomic E-state index is 0. The molecule has 1 aromatic heterocycles. The summed E-state index contributed by atoms with van der Waals surface area (Å²) in [6, 6.07) is 2.04. The molecule has 1 atom stereocenters. The van der Waals surface area contributed by atoms with Gasteiger partial charge in [-0.3, -0.25) is 0 Å². The highest BCUT2D eigenvalue weighted by Crippen LogP contribution is 2.22. The largest absolute Gasteiger partial charge is 0.355 e. The second-order valence-corrected chi connectivity index (χ2v) is 4.69. The van der Waals surface area contributed by atoms with Crippen LogP contribution in [0.3, 0.4) is 0 Å². The molecule has 16 heavy (non-hydrogen) atoms. The molecule has 1 aliphatic heterocycles. The van der Waals surface area contributed by atoms with Crippen molar-refractivity contribution in [2.24, 2.45) is 5.73 Å². The summed E-state index contributed by atoms with van der Waals surface area (Å²) in [5.41, 5.74) is 5.85.